The second-order valence-electron chi connectivity index (χ2n) is 41.4. The van der Waals surface area contributed by atoms with Crippen LogP contribution in [-0.2, 0) is 6.18 Å². The number of nitrogens with zero attached hydrogens (tertiary/aromatic N) is 17. The minimum atomic E-state index is -4.43. The molecule has 8 saturated heterocycles. The van der Waals surface area contributed by atoms with Crippen LogP contribution in [0.3, 0.4) is 0 Å². The maximum atomic E-state index is 13.3. The van der Waals surface area contributed by atoms with Crippen molar-refractivity contribution in [1.82, 2.24) is 84.3 Å². The van der Waals surface area contributed by atoms with Gasteiger partial charge in [-0.05, 0) is 220 Å². The third-order valence-corrected chi connectivity index (χ3v) is 25.0. The van der Waals surface area contributed by atoms with E-state index in [2.05, 4.69) is 239 Å². The third kappa shape index (κ3) is 39.4. The number of methoxy groups -OCH3 is 2. The molecule has 5 unspecified atom stereocenters. The van der Waals surface area contributed by atoms with Crippen molar-refractivity contribution in [2.75, 3.05) is 119 Å². The average molecular weight is 2000 g/mol. The van der Waals surface area contributed by atoms with Crippen LogP contribution in [0, 0.1) is 24.5 Å². The zero-order chi connectivity index (χ0) is 104. The van der Waals surface area contributed by atoms with E-state index in [0.29, 0.717) is 71.0 Å². The molecular weight excluding hydrogens is 1850 g/mol. The summed E-state index contributed by atoms with van der Waals surface area (Å²) in [5.74, 6) is 4.26. The zero-order valence-corrected chi connectivity index (χ0v) is 87.2. The number of likely N-dealkylation sites (tertiary alicyclic amines) is 8. The Labute approximate surface area is 833 Å². The number of hydrogen-bond donors (Lipinski definition) is 0. The Morgan fingerprint density at radius 1 is 0.338 bits per heavy atom. The van der Waals surface area contributed by atoms with E-state index < -0.39 is 30.9 Å². The first-order valence-electron chi connectivity index (χ1n) is 49.1. The lowest BCUT2D eigenvalue weighted by atomic mass is 10.1. The summed E-state index contributed by atoms with van der Waals surface area (Å²) < 4.78 is 175. The van der Waals surface area contributed by atoms with Crippen molar-refractivity contribution in [2.45, 2.75) is 299 Å². The fourth-order valence-corrected chi connectivity index (χ4v) is 16.1. The molecule has 0 amide bonds. The molecule has 38 heteroatoms. The van der Waals surface area contributed by atoms with E-state index >= 15 is 0 Å². The molecule has 29 nitrogen and oxygen atoms in total. The lowest BCUT2D eigenvalue weighted by Crippen LogP contribution is -2.56. The second-order valence-corrected chi connectivity index (χ2v) is 41.4. The zero-order valence-electron chi connectivity index (χ0n) is 87.2. The van der Waals surface area contributed by atoms with Crippen LogP contribution in [0.2, 0.25) is 0 Å². The Bertz CT molecular complexity index is 4930. The third-order valence-electron chi connectivity index (χ3n) is 25.0. The van der Waals surface area contributed by atoms with E-state index in [1.807, 2.05) is 55.5 Å². The molecule has 8 aliphatic heterocycles. The lowest BCUT2D eigenvalue weighted by molar-refractivity contribution is -0.141. The van der Waals surface area contributed by atoms with Crippen molar-refractivity contribution in [1.29, 1.82) is 0 Å². The van der Waals surface area contributed by atoms with Gasteiger partial charge in [0.05, 0.1) is 38.5 Å². The molecule has 142 heavy (non-hydrogen) atoms. The fraction of sp³-hybridized carbons (Fsp3) is 0.625. The largest absolute Gasteiger partial charge is 0.489 e. The fourth-order valence-electron chi connectivity index (χ4n) is 16.1. The molecule has 788 valence electrons. The van der Waals surface area contributed by atoms with E-state index in [1.165, 1.54) is 68.2 Å². The van der Waals surface area contributed by atoms with E-state index in [4.69, 9.17) is 47.4 Å². The molecule has 0 saturated carbocycles. The molecule has 16 heterocycles. The topological polar surface area (TPSA) is 253 Å². The minimum Gasteiger partial charge on any atom is -0.489 e. The maximum absolute atomic E-state index is 13.3. The number of piperidine rings is 1. The molecule has 0 aliphatic carbocycles. The monoisotopic (exact) mass is 2000 g/mol. The first kappa shape index (κ1) is 115. The van der Waals surface area contributed by atoms with Gasteiger partial charge in [0.2, 0.25) is 52.9 Å². The number of halogens is 9. The summed E-state index contributed by atoms with van der Waals surface area (Å²) in [6.07, 6.45) is 7.55. The summed E-state index contributed by atoms with van der Waals surface area (Å²) in [6.45, 7) is 57.5. The average Bonchev–Trinajstić information content (AvgIpc) is 1.37. The summed E-state index contributed by atoms with van der Waals surface area (Å²) in [6, 6.07) is 32.8. The molecule has 0 radical (unpaired) electrons. The first-order chi connectivity index (χ1) is 66.9. The van der Waals surface area contributed by atoms with Gasteiger partial charge in [0, 0.05) is 218 Å². The second kappa shape index (κ2) is 54.1. The highest BCUT2D eigenvalue weighted by molar-refractivity contribution is 5.27. The molecule has 0 spiro atoms. The molecule has 0 N–H and O–H groups in total. The minimum absolute atomic E-state index is 0.0248. The van der Waals surface area contributed by atoms with Gasteiger partial charge in [0.1, 0.15) is 71.8 Å². The van der Waals surface area contributed by atoms with Crippen LogP contribution in [0.5, 0.6) is 70.3 Å². The number of hydrogen-bond acceptors (Lipinski definition) is 29. The Morgan fingerprint density at radius 3 is 1.14 bits per heavy atom. The maximum Gasteiger partial charge on any atom is 0.433 e. The standard InChI is InChI=1S/C14H20F2N2O2.C14H21FN2O2.C14H22N2O2.C14H22N2O.C13H19FN2O.C12H15F3N2O.C12H16F2N2O2.C11H17N3O/c1-10(2)18-7-5-11(6-8-18)19-12-3-4-13(17-9-12)20-14(15)16;1-14(2,3)17-8-7-10(9-17)19-12-6-5-11(15)13(16-12)18-4;1-14(2,3)16-9-8-11(10-16)18-13-7-5-6-12(15-13)17-4;1-11-9-16(14(2,3)4)10-12(11)17-13-7-5-6-8-15-13;1-13(2,3)16-7-6-11(9-16)17-12-5-4-10(14)8-15-12;1-8(2)17-6-9(7-17)18-11-5-3-4-10(16-11)12(13,14)15;1-8(2)16-6-10(7-16)17-9-3-4-11(15-5-9)18-12(13)14;1-8(2)14-6-10(7-14)15-11-5-4-9(3)12-13-11/h3-4,9-11,14H,5-8H2,1-2H3;5-6,10H,7-9H2,1-4H3;5-7,11H,8-10H2,1-4H3;5-8,11-12H,9-10H2,1-4H3;4-5,8,11H,6-7,9H2,1-3H3;3-5,8-9H,6-7H2,1-2H3;3-5,8,10,12H,6-7H2,1-2H3;4-5,8,10H,6-7H2,1-3H3. The molecule has 8 fully saturated rings. The lowest BCUT2D eigenvalue weighted by Gasteiger charge is -2.41. The van der Waals surface area contributed by atoms with Crippen molar-refractivity contribution < 1.29 is 96.4 Å². The summed E-state index contributed by atoms with van der Waals surface area (Å²) >= 11 is 0. The van der Waals surface area contributed by atoms with Crippen LogP contribution in [-0.4, -0.2) is 312 Å². The number of aryl methyl sites for hydroxylation is 1. The molecule has 0 aromatic carbocycles. The van der Waals surface area contributed by atoms with Gasteiger partial charge in [-0.15, -0.1) is 5.10 Å². The van der Waals surface area contributed by atoms with E-state index in [-0.39, 0.29) is 100 Å². The van der Waals surface area contributed by atoms with Crippen LogP contribution in [0.4, 0.5) is 39.5 Å². The number of alkyl halides is 7. The van der Waals surface area contributed by atoms with Gasteiger partial charge in [-0.3, -0.25) is 34.3 Å². The van der Waals surface area contributed by atoms with Gasteiger partial charge in [0.15, 0.2) is 5.82 Å². The van der Waals surface area contributed by atoms with E-state index in [1.54, 1.807) is 31.5 Å². The van der Waals surface area contributed by atoms with Gasteiger partial charge in [-0.2, -0.15) is 45.8 Å². The quantitative estimate of drug-likeness (QED) is 0.0457. The van der Waals surface area contributed by atoms with Crippen molar-refractivity contribution in [3.8, 4) is 70.3 Å². The number of ether oxygens (including phenoxy) is 12. The van der Waals surface area contributed by atoms with Crippen LogP contribution >= 0.6 is 0 Å². The summed E-state index contributed by atoms with van der Waals surface area (Å²) in [4.78, 5) is 46.4. The highest BCUT2D eigenvalue weighted by atomic mass is 19.4. The Kier molecular flexibility index (Phi) is 43.9. The van der Waals surface area contributed by atoms with Crippen LogP contribution in [0.25, 0.3) is 0 Å². The number of pyridine rings is 7. The van der Waals surface area contributed by atoms with E-state index in [9.17, 15) is 39.5 Å². The predicted octanol–water partition coefficient (Wildman–Crippen LogP) is 18.8. The van der Waals surface area contributed by atoms with Crippen molar-refractivity contribution in [3.63, 3.8) is 0 Å². The predicted molar refractivity (Wildman–Crippen MR) is 527 cm³/mol. The summed E-state index contributed by atoms with van der Waals surface area (Å²) in [5, 5.41) is 7.94. The van der Waals surface area contributed by atoms with E-state index in [0.717, 1.165) is 154 Å². The SMILES string of the molecule is CC(C)(C)N1CCC(Oc2ccc(F)cn2)C1.CC(C)N1CC(Oc2ccc(OC(F)F)nc2)C1.CC(C)N1CC(Oc2cccc(C(F)(F)F)n2)C1.CC(C)N1CCC(Oc2ccc(OC(F)F)nc2)CC1.CC1CN(C(C)(C)C)CC1Oc1ccccn1.COc1cccc(OC2CCN(C(C)(C)C)C2)n1.COc1nc(OC2CCN(C(C)(C)C)C2)ccc1F.Cc1ccc(OC2CN(C(C)C)C2)nn1. The van der Waals surface area contributed by atoms with Crippen LogP contribution in [0.1, 0.15) is 189 Å². The van der Waals surface area contributed by atoms with Gasteiger partial charge in [0.25, 0.3) is 5.88 Å². The van der Waals surface area contributed by atoms with Gasteiger partial charge in [-0.25, -0.2) is 33.7 Å². The normalized spacial score (nSPS) is 20.0. The van der Waals surface area contributed by atoms with Gasteiger partial charge >= 0.3 is 19.4 Å². The van der Waals surface area contributed by atoms with Crippen LogP contribution < -0.4 is 56.8 Å². The Balaban J connectivity index is 0.000000181. The Morgan fingerprint density at radius 2 is 0.739 bits per heavy atom. The van der Waals surface area contributed by atoms with Gasteiger partial charge in [-0.1, -0.05) is 25.1 Å². The highest BCUT2D eigenvalue weighted by Crippen LogP contribution is 2.34. The van der Waals surface area contributed by atoms with Crippen LogP contribution in [0.15, 0.2) is 140 Å². The van der Waals surface area contributed by atoms with Crippen molar-refractivity contribution in [3.05, 3.63) is 163 Å². The molecule has 8 aromatic heterocycles. The molecule has 5 atom stereocenters. The summed E-state index contributed by atoms with van der Waals surface area (Å²) in [7, 11) is 3.01. The summed E-state index contributed by atoms with van der Waals surface area (Å²) in [5.41, 5.74) is 0.747. The molecule has 0 bridgehead atoms. The Hall–Kier alpha value is -10.2. The molecule has 8 aliphatic rings. The smallest absolute Gasteiger partial charge is 0.433 e. The molecule has 16 rings (SSSR count). The van der Waals surface area contributed by atoms with Gasteiger partial charge < -0.3 is 61.7 Å². The highest BCUT2D eigenvalue weighted by Gasteiger charge is 2.40. The van der Waals surface area contributed by atoms with Crippen molar-refractivity contribution in [2.24, 2.45) is 5.92 Å². The molecule has 8 aromatic rings. The first-order valence-corrected chi connectivity index (χ1v) is 49.1. The van der Waals surface area contributed by atoms with Crippen molar-refractivity contribution >= 4 is 0 Å². The molecular formula is C104H152F9N17O12. The number of aromatic nitrogens is 9. The number of rotatable bonds is 26.